The molecule has 1 heterocycles. The summed E-state index contributed by atoms with van der Waals surface area (Å²) in [5.74, 6) is -0.451. The smallest absolute Gasteiger partial charge is 0.267 e. The van der Waals surface area contributed by atoms with E-state index in [1.165, 1.54) is 12.1 Å². The van der Waals surface area contributed by atoms with E-state index in [0.29, 0.717) is 18.8 Å². The minimum atomic E-state index is -0.264. The van der Waals surface area contributed by atoms with Crippen LogP contribution < -0.4 is 16.8 Å². The molecule has 0 saturated heterocycles. The Morgan fingerprint density at radius 3 is 2.43 bits per heavy atom. The van der Waals surface area contributed by atoms with Crippen LogP contribution in [-0.2, 0) is 0 Å². The predicted molar refractivity (Wildman–Crippen MR) is 117 cm³/mol. The summed E-state index contributed by atoms with van der Waals surface area (Å²) in [5, 5.41) is 3.76. The molecule has 0 saturated carbocycles. The third kappa shape index (κ3) is 5.94. The van der Waals surface area contributed by atoms with Crippen molar-refractivity contribution in [1.82, 2.24) is 10.3 Å². The van der Waals surface area contributed by atoms with Crippen molar-refractivity contribution in [2.24, 2.45) is 11.5 Å². The highest BCUT2D eigenvalue weighted by atomic mass is 35.5. The highest BCUT2D eigenvalue weighted by molar-refractivity contribution is 5.98. The van der Waals surface area contributed by atoms with Gasteiger partial charge in [0.2, 0.25) is 0 Å². The van der Waals surface area contributed by atoms with E-state index in [0.717, 1.165) is 34.9 Å². The first kappa shape index (κ1) is 23.9. The Labute approximate surface area is 175 Å². The van der Waals surface area contributed by atoms with E-state index in [1.54, 1.807) is 12.1 Å². The second-order valence-corrected chi connectivity index (χ2v) is 6.39. The van der Waals surface area contributed by atoms with Crippen molar-refractivity contribution < 1.29 is 9.18 Å². The molecular weight excluding hydrogens is 402 g/mol. The summed E-state index contributed by atoms with van der Waals surface area (Å²) in [6.45, 7) is 1.01. The summed E-state index contributed by atoms with van der Waals surface area (Å²) >= 11 is 0. The topological polar surface area (TPSA) is 96.9 Å². The molecule has 0 fully saturated rings. The van der Waals surface area contributed by atoms with Gasteiger partial charge in [0.15, 0.2) is 0 Å². The molecule has 6 N–H and O–H groups in total. The molecule has 3 rings (SSSR count). The first-order chi connectivity index (χ1) is 12.6. The van der Waals surface area contributed by atoms with Crippen LogP contribution >= 0.6 is 24.8 Å². The number of hydrogen-bond acceptors (Lipinski definition) is 3. The SMILES string of the molecule is Cl.Cl.NCCCC(N)CNC(=O)c1cc2cc(-c3ccc(F)cc3)ccc2[nH]1. The third-order valence-corrected chi connectivity index (χ3v) is 4.35. The van der Waals surface area contributed by atoms with E-state index >= 15 is 0 Å². The largest absolute Gasteiger partial charge is 0.351 e. The first-order valence-electron chi connectivity index (χ1n) is 8.69. The number of rotatable bonds is 7. The van der Waals surface area contributed by atoms with Gasteiger partial charge >= 0.3 is 0 Å². The lowest BCUT2D eigenvalue weighted by Crippen LogP contribution is -2.37. The number of nitrogens with two attached hydrogens (primary N) is 2. The lowest BCUT2D eigenvalue weighted by atomic mass is 10.0. The van der Waals surface area contributed by atoms with Crippen molar-refractivity contribution in [3.8, 4) is 11.1 Å². The van der Waals surface area contributed by atoms with Gasteiger partial charge in [0.25, 0.3) is 5.91 Å². The average Bonchev–Trinajstić information content (AvgIpc) is 3.08. The van der Waals surface area contributed by atoms with Crippen LogP contribution in [0.25, 0.3) is 22.0 Å². The van der Waals surface area contributed by atoms with E-state index in [-0.39, 0.29) is 42.6 Å². The van der Waals surface area contributed by atoms with Crippen LogP contribution in [0.4, 0.5) is 4.39 Å². The predicted octanol–water partition coefficient (Wildman–Crippen LogP) is 3.61. The fourth-order valence-electron chi connectivity index (χ4n) is 2.88. The van der Waals surface area contributed by atoms with Gasteiger partial charge in [-0.3, -0.25) is 4.79 Å². The molecule has 1 unspecified atom stereocenters. The zero-order valence-electron chi connectivity index (χ0n) is 15.3. The maximum Gasteiger partial charge on any atom is 0.267 e. The van der Waals surface area contributed by atoms with Crippen LogP contribution in [0.1, 0.15) is 23.3 Å². The average molecular weight is 427 g/mol. The molecule has 0 aliphatic carbocycles. The monoisotopic (exact) mass is 426 g/mol. The Bertz CT molecular complexity index is 899. The maximum atomic E-state index is 13.1. The lowest BCUT2D eigenvalue weighted by Gasteiger charge is -2.11. The number of aromatic nitrogens is 1. The van der Waals surface area contributed by atoms with Gasteiger partial charge in [-0.25, -0.2) is 4.39 Å². The van der Waals surface area contributed by atoms with Crippen molar-refractivity contribution in [3.63, 3.8) is 0 Å². The summed E-state index contributed by atoms with van der Waals surface area (Å²) in [7, 11) is 0. The van der Waals surface area contributed by atoms with Crippen molar-refractivity contribution in [3.05, 3.63) is 60.0 Å². The summed E-state index contributed by atoms with van der Waals surface area (Å²) in [6.07, 6.45) is 1.63. The molecule has 0 aliphatic heterocycles. The second-order valence-electron chi connectivity index (χ2n) is 6.39. The molecule has 28 heavy (non-hydrogen) atoms. The van der Waals surface area contributed by atoms with Crippen LogP contribution in [0.2, 0.25) is 0 Å². The van der Waals surface area contributed by atoms with Crippen LogP contribution in [0.3, 0.4) is 0 Å². The highest BCUT2D eigenvalue weighted by Crippen LogP contribution is 2.25. The molecule has 0 spiro atoms. The fourth-order valence-corrected chi connectivity index (χ4v) is 2.88. The fraction of sp³-hybridized carbons (Fsp3) is 0.250. The first-order valence-corrected chi connectivity index (χ1v) is 8.69. The Balaban J connectivity index is 0.00000196. The van der Waals surface area contributed by atoms with Crippen LogP contribution in [0.5, 0.6) is 0 Å². The molecule has 0 aliphatic rings. The molecule has 3 aromatic rings. The van der Waals surface area contributed by atoms with Gasteiger partial charge in [-0.2, -0.15) is 0 Å². The van der Waals surface area contributed by atoms with E-state index in [1.807, 2.05) is 24.3 Å². The van der Waals surface area contributed by atoms with Crippen molar-refractivity contribution >= 4 is 41.6 Å². The van der Waals surface area contributed by atoms with Crippen LogP contribution in [-0.4, -0.2) is 30.0 Å². The standard InChI is InChI=1S/C20H23FN4O.2ClH/c21-16-6-3-13(4-7-16)14-5-8-18-15(10-14)11-19(25-18)20(26)24-12-17(23)2-1-9-22;;/h3-8,10-11,17,25H,1-2,9,12,22-23H2,(H,24,26);2*1H. The summed E-state index contributed by atoms with van der Waals surface area (Å²) in [6, 6.07) is 13.9. The lowest BCUT2D eigenvalue weighted by molar-refractivity contribution is 0.0946. The van der Waals surface area contributed by atoms with E-state index in [9.17, 15) is 9.18 Å². The minimum absolute atomic E-state index is 0. The molecule has 152 valence electrons. The molecular formula is C20H25Cl2FN4O. The molecule has 1 aromatic heterocycles. The molecule has 1 atom stereocenters. The Morgan fingerprint density at radius 1 is 1.07 bits per heavy atom. The number of benzene rings is 2. The van der Waals surface area contributed by atoms with E-state index in [2.05, 4.69) is 10.3 Å². The van der Waals surface area contributed by atoms with Gasteiger partial charge in [0.05, 0.1) is 0 Å². The number of carbonyl (C=O) groups excluding carboxylic acids is 1. The number of aromatic amines is 1. The Hall–Kier alpha value is -2.12. The molecule has 0 bridgehead atoms. The number of nitrogens with one attached hydrogen (secondary N) is 2. The quantitative estimate of drug-likeness (QED) is 0.464. The van der Waals surface area contributed by atoms with Gasteiger partial charge in [-0.1, -0.05) is 18.2 Å². The summed E-state index contributed by atoms with van der Waals surface area (Å²) in [5.41, 5.74) is 14.7. The number of hydrogen-bond donors (Lipinski definition) is 4. The zero-order chi connectivity index (χ0) is 18.5. The molecule has 5 nitrogen and oxygen atoms in total. The highest BCUT2D eigenvalue weighted by Gasteiger charge is 2.11. The molecule has 8 heteroatoms. The van der Waals surface area contributed by atoms with Crippen molar-refractivity contribution in [2.45, 2.75) is 18.9 Å². The molecule has 0 radical (unpaired) electrons. The summed E-state index contributed by atoms with van der Waals surface area (Å²) in [4.78, 5) is 15.4. The van der Waals surface area contributed by atoms with Crippen molar-refractivity contribution in [1.29, 1.82) is 0 Å². The van der Waals surface area contributed by atoms with Crippen LogP contribution in [0, 0.1) is 5.82 Å². The van der Waals surface area contributed by atoms with Crippen molar-refractivity contribution in [2.75, 3.05) is 13.1 Å². The number of amides is 1. The van der Waals surface area contributed by atoms with Gasteiger partial charge in [0.1, 0.15) is 11.5 Å². The number of halogens is 3. The summed E-state index contributed by atoms with van der Waals surface area (Å²) < 4.78 is 13.1. The number of fused-ring (bicyclic) bond motifs is 1. The Kier molecular flexibility index (Phi) is 9.41. The molecule has 2 aromatic carbocycles. The Morgan fingerprint density at radius 2 is 1.75 bits per heavy atom. The molecule has 1 amide bonds. The maximum absolute atomic E-state index is 13.1. The normalized spacial score (nSPS) is 11.4. The zero-order valence-corrected chi connectivity index (χ0v) is 16.9. The van der Waals surface area contributed by atoms with Gasteiger partial charge in [0, 0.05) is 23.5 Å². The minimum Gasteiger partial charge on any atom is -0.351 e. The second kappa shape index (κ2) is 11.0. The van der Waals surface area contributed by atoms with Gasteiger partial charge < -0.3 is 21.8 Å². The van der Waals surface area contributed by atoms with Gasteiger partial charge in [-0.05, 0) is 60.8 Å². The third-order valence-electron chi connectivity index (χ3n) is 4.35. The number of carbonyl (C=O) groups is 1. The van der Waals surface area contributed by atoms with Crippen LogP contribution in [0.15, 0.2) is 48.5 Å². The van der Waals surface area contributed by atoms with E-state index in [4.69, 9.17) is 11.5 Å². The van der Waals surface area contributed by atoms with Gasteiger partial charge in [-0.15, -0.1) is 24.8 Å². The van der Waals surface area contributed by atoms with E-state index < -0.39 is 0 Å². The number of H-pyrrole nitrogens is 1.